The van der Waals surface area contributed by atoms with Crippen LogP contribution < -0.4 is 0 Å². The van der Waals surface area contributed by atoms with Gasteiger partial charge in [-0.1, -0.05) is 25.2 Å². The average Bonchev–Trinajstić information content (AvgIpc) is 1.99. The van der Waals surface area contributed by atoms with Crippen molar-refractivity contribution in [2.75, 3.05) is 6.61 Å². The summed E-state index contributed by atoms with van der Waals surface area (Å²) in [6.45, 7) is 4.18. The van der Waals surface area contributed by atoms with E-state index in [0.29, 0.717) is 6.61 Å². The molecule has 0 aliphatic rings. The van der Waals surface area contributed by atoms with E-state index in [2.05, 4.69) is 0 Å². The number of carbonyl (C=O) groups is 1. The van der Waals surface area contributed by atoms with E-state index in [4.69, 9.17) is 4.74 Å². The molecular formula is C9H14O2. The minimum Gasteiger partial charge on any atom is -0.458 e. The van der Waals surface area contributed by atoms with Crippen LogP contribution in [0.5, 0.6) is 0 Å². The molecule has 2 heteroatoms. The molecule has 11 heavy (non-hydrogen) atoms. The fraction of sp³-hybridized carbons (Fsp3) is 0.444. The van der Waals surface area contributed by atoms with Crippen molar-refractivity contribution < 1.29 is 9.53 Å². The van der Waals surface area contributed by atoms with Crippen LogP contribution in [0, 0.1) is 0 Å². The molecule has 2 nitrogen and oxygen atoms in total. The monoisotopic (exact) mass is 154 g/mol. The van der Waals surface area contributed by atoms with Gasteiger partial charge in [-0.05, 0) is 13.3 Å². The van der Waals surface area contributed by atoms with Gasteiger partial charge in [-0.3, -0.25) is 0 Å². The van der Waals surface area contributed by atoms with Crippen molar-refractivity contribution in [1.29, 1.82) is 0 Å². The topological polar surface area (TPSA) is 26.3 Å². The highest BCUT2D eigenvalue weighted by Crippen LogP contribution is 1.84. The van der Waals surface area contributed by atoms with Gasteiger partial charge < -0.3 is 4.74 Å². The first kappa shape index (κ1) is 9.95. The maximum Gasteiger partial charge on any atom is 0.330 e. The van der Waals surface area contributed by atoms with Gasteiger partial charge in [-0.15, -0.1) is 0 Å². The van der Waals surface area contributed by atoms with E-state index in [1.165, 1.54) is 6.08 Å². The van der Waals surface area contributed by atoms with E-state index in [9.17, 15) is 4.79 Å². The van der Waals surface area contributed by atoms with Crippen molar-refractivity contribution >= 4 is 5.97 Å². The Labute approximate surface area is 67.6 Å². The number of ether oxygens (including phenoxy) is 1. The van der Waals surface area contributed by atoms with Crippen molar-refractivity contribution in [2.45, 2.75) is 20.3 Å². The van der Waals surface area contributed by atoms with Gasteiger partial charge in [0.15, 0.2) is 0 Å². The second-order valence-electron chi connectivity index (χ2n) is 2.01. The molecule has 0 aromatic rings. The standard InChI is InChI=1S/C9H14O2/c1-3-5-6-8-11-9(10)7-4-2/h4-7H,3,8H2,1-2H3/b6-5+,7-4+. The lowest BCUT2D eigenvalue weighted by Crippen LogP contribution is -1.99. The highest BCUT2D eigenvalue weighted by atomic mass is 16.5. The molecular weight excluding hydrogens is 140 g/mol. The van der Waals surface area contributed by atoms with E-state index in [1.807, 2.05) is 19.1 Å². The molecule has 0 rings (SSSR count). The molecule has 0 aromatic heterocycles. The maximum absolute atomic E-state index is 10.7. The number of hydrogen-bond donors (Lipinski definition) is 0. The second kappa shape index (κ2) is 7.06. The summed E-state index contributed by atoms with van der Waals surface area (Å²) in [5.41, 5.74) is 0. The first-order valence-corrected chi connectivity index (χ1v) is 3.75. The number of esters is 1. The third kappa shape index (κ3) is 6.84. The Hall–Kier alpha value is -1.05. The van der Waals surface area contributed by atoms with Crippen molar-refractivity contribution in [1.82, 2.24) is 0 Å². The fourth-order valence-electron chi connectivity index (χ4n) is 0.549. The number of rotatable bonds is 4. The Morgan fingerprint density at radius 2 is 2.18 bits per heavy atom. The Morgan fingerprint density at radius 1 is 1.45 bits per heavy atom. The molecule has 0 saturated heterocycles. The van der Waals surface area contributed by atoms with Crippen LogP contribution in [0.3, 0.4) is 0 Å². The first-order valence-electron chi connectivity index (χ1n) is 3.75. The normalized spacial score (nSPS) is 11.1. The molecule has 62 valence electrons. The summed E-state index contributed by atoms with van der Waals surface area (Å²) in [5.74, 6) is -0.284. The van der Waals surface area contributed by atoms with E-state index >= 15 is 0 Å². The lowest BCUT2D eigenvalue weighted by molar-refractivity contribution is -0.136. The third-order valence-electron chi connectivity index (χ3n) is 1.03. The van der Waals surface area contributed by atoms with Gasteiger partial charge in [0.05, 0.1) is 0 Å². The van der Waals surface area contributed by atoms with Crippen LogP contribution in [0.1, 0.15) is 20.3 Å². The summed E-state index contributed by atoms with van der Waals surface area (Å²) in [6.07, 6.45) is 7.83. The summed E-state index contributed by atoms with van der Waals surface area (Å²) in [5, 5.41) is 0. The number of hydrogen-bond acceptors (Lipinski definition) is 2. The average molecular weight is 154 g/mol. The summed E-state index contributed by atoms with van der Waals surface area (Å²) >= 11 is 0. The summed E-state index contributed by atoms with van der Waals surface area (Å²) < 4.78 is 4.77. The van der Waals surface area contributed by atoms with Gasteiger partial charge >= 0.3 is 5.97 Å². The zero-order chi connectivity index (χ0) is 8.53. The molecule has 0 aliphatic carbocycles. The molecule has 0 radical (unpaired) electrons. The number of carbonyl (C=O) groups excluding carboxylic acids is 1. The van der Waals surface area contributed by atoms with Crippen LogP contribution in [0.25, 0.3) is 0 Å². The Kier molecular flexibility index (Phi) is 6.39. The molecule has 0 atom stereocenters. The van der Waals surface area contributed by atoms with Gasteiger partial charge in [-0.25, -0.2) is 4.79 Å². The minimum absolute atomic E-state index is 0.284. The number of allylic oxidation sites excluding steroid dienone is 2. The molecule has 0 spiro atoms. The highest BCUT2D eigenvalue weighted by molar-refractivity contribution is 5.81. The quantitative estimate of drug-likeness (QED) is 0.352. The summed E-state index contributed by atoms with van der Waals surface area (Å²) in [7, 11) is 0. The van der Waals surface area contributed by atoms with Crippen LogP contribution in [0.2, 0.25) is 0 Å². The van der Waals surface area contributed by atoms with Crippen molar-refractivity contribution in [3.8, 4) is 0 Å². The van der Waals surface area contributed by atoms with E-state index in [1.54, 1.807) is 13.0 Å². The van der Waals surface area contributed by atoms with Gasteiger partial charge in [0.25, 0.3) is 0 Å². The Bertz CT molecular complexity index is 157. The summed E-state index contributed by atoms with van der Waals surface area (Å²) in [4.78, 5) is 10.7. The van der Waals surface area contributed by atoms with Gasteiger partial charge in [-0.2, -0.15) is 0 Å². The van der Waals surface area contributed by atoms with Crippen LogP contribution in [0.15, 0.2) is 24.3 Å². The van der Waals surface area contributed by atoms with Crippen LogP contribution in [-0.2, 0) is 9.53 Å². The molecule has 0 aliphatic heterocycles. The predicted octanol–water partition coefficient (Wildman–Crippen LogP) is 2.07. The van der Waals surface area contributed by atoms with Crippen molar-refractivity contribution in [3.05, 3.63) is 24.3 Å². The van der Waals surface area contributed by atoms with Crippen LogP contribution in [0.4, 0.5) is 0 Å². The molecule has 0 N–H and O–H groups in total. The Morgan fingerprint density at radius 3 is 2.73 bits per heavy atom. The minimum atomic E-state index is -0.284. The fourth-order valence-corrected chi connectivity index (χ4v) is 0.549. The van der Waals surface area contributed by atoms with Gasteiger partial charge in [0.1, 0.15) is 6.61 Å². The lowest BCUT2D eigenvalue weighted by atomic mass is 10.4. The molecule has 0 fully saturated rings. The molecule has 0 saturated carbocycles. The predicted molar refractivity (Wildman–Crippen MR) is 45.2 cm³/mol. The summed E-state index contributed by atoms with van der Waals surface area (Å²) in [6, 6.07) is 0. The lowest BCUT2D eigenvalue weighted by Gasteiger charge is -1.94. The highest BCUT2D eigenvalue weighted by Gasteiger charge is 1.90. The maximum atomic E-state index is 10.7. The van der Waals surface area contributed by atoms with Gasteiger partial charge in [0, 0.05) is 6.08 Å². The van der Waals surface area contributed by atoms with Crippen LogP contribution in [-0.4, -0.2) is 12.6 Å². The van der Waals surface area contributed by atoms with Crippen LogP contribution >= 0.6 is 0 Å². The molecule has 0 unspecified atom stereocenters. The molecule has 0 bridgehead atoms. The van der Waals surface area contributed by atoms with E-state index < -0.39 is 0 Å². The third-order valence-corrected chi connectivity index (χ3v) is 1.03. The van der Waals surface area contributed by atoms with E-state index in [-0.39, 0.29) is 5.97 Å². The van der Waals surface area contributed by atoms with E-state index in [0.717, 1.165) is 6.42 Å². The largest absolute Gasteiger partial charge is 0.458 e. The molecule has 0 heterocycles. The zero-order valence-corrected chi connectivity index (χ0v) is 7.04. The SMILES string of the molecule is C/C=C/C(=O)OC/C=C/CC. The van der Waals surface area contributed by atoms with Crippen molar-refractivity contribution in [3.63, 3.8) is 0 Å². The molecule has 0 aromatic carbocycles. The molecule has 0 amide bonds. The first-order chi connectivity index (χ1) is 5.31. The second-order valence-corrected chi connectivity index (χ2v) is 2.01. The van der Waals surface area contributed by atoms with Crippen molar-refractivity contribution in [2.24, 2.45) is 0 Å². The Balaban J connectivity index is 3.39. The smallest absolute Gasteiger partial charge is 0.330 e. The zero-order valence-electron chi connectivity index (χ0n) is 7.04. The van der Waals surface area contributed by atoms with Gasteiger partial charge in [0.2, 0.25) is 0 Å².